The van der Waals surface area contributed by atoms with Crippen molar-refractivity contribution in [1.82, 2.24) is 0 Å². The Balaban J connectivity index is 2.70. The highest BCUT2D eigenvalue weighted by molar-refractivity contribution is 5.71. The van der Waals surface area contributed by atoms with E-state index in [0.717, 1.165) is 12.0 Å². The lowest BCUT2D eigenvalue weighted by Crippen LogP contribution is -2.02. The number of esters is 1. The molecule has 0 saturated heterocycles. The van der Waals surface area contributed by atoms with Crippen molar-refractivity contribution in [2.24, 2.45) is 0 Å². The van der Waals surface area contributed by atoms with Crippen molar-refractivity contribution in [1.29, 1.82) is 0 Å². The Hall–Kier alpha value is -1.57. The number of hydrogen-bond acceptors (Lipinski definition) is 2. The predicted octanol–water partition coefficient (Wildman–Crippen LogP) is 3.82. The van der Waals surface area contributed by atoms with E-state index in [4.69, 9.17) is 4.74 Å². The van der Waals surface area contributed by atoms with Gasteiger partial charge in [-0.3, -0.25) is 4.79 Å². The fraction of sp³-hybridized carbons (Fsp3) is 0.357. The lowest BCUT2D eigenvalue weighted by Gasteiger charge is -2.04. The minimum absolute atomic E-state index is 0.283. The number of benzene rings is 1. The molecule has 1 aromatic rings. The second-order valence-electron chi connectivity index (χ2n) is 3.68. The molecule has 0 aliphatic heterocycles. The molecule has 2 heteroatoms. The van der Waals surface area contributed by atoms with Gasteiger partial charge in [0.2, 0.25) is 0 Å². The Labute approximate surface area is 96.9 Å². The third-order valence-corrected chi connectivity index (χ3v) is 2.19. The smallest absolute Gasteiger partial charge is 0.308 e. The van der Waals surface area contributed by atoms with Crippen LogP contribution in [0, 0.1) is 0 Å². The van der Waals surface area contributed by atoms with Gasteiger partial charge in [0.15, 0.2) is 0 Å². The molecule has 0 bridgehead atoms. The second-order valence-corrected chi connectivity index (χ2v) is 3.68. The molecule has 0 amide bonds. The lowest BCUT2D eigenvalue weighted by molar-refractivity contribution is -0.131. The standard InChI is InChI=1S/C14H18O2/c1-3-4-5-6-9-13-10-7-8-11-14(13)16-12(2)15/h6-11H,3-5H2,1-2H3/b9-6+. The molecule has 0 radical (unpaired) electrons. The van der Waals surface area contributed by atoms with Crippen LogP contribution in [0.1, 0.15) is 38.7 Å². The van der Waals surface area contributed by atoms with Crippen molar-refractivity contribution in [3.63, 3.8) is 0 Å². The van der Waals surface area contributed by atoms with E-state index in [2.05, 4.69) is 13.0 Å². The highest BCUT2D eigenvalue weighted by atomic mass is 16.5. The summed E-state index contributed by atoms with van der Waals surface area (Å²) in [5, 5.41) is 0. The molecule has 2 nitrogen and oxygen atoms in total. The summed E-state index contributed by atoms with van der Waals surface area (Å²) >= 11 is 0. The molecule has 0 unspecified atom stereocenters. The quantitative estimate of drug-likeness (QED) is 0.426. The summed E-state index contributed by atoms with van der Waals surface area (Å²) in [6.45, 7) is 3.58. The van der Waals surface area contributed by atoms with Crippen LogP contribution in [0.25, 0.3) is 6.08 Å². The Morgan fingerprint density at radius 1 is 1.38 bits per heavy atom. The van der Waals surface area contributed by atoms with Crippen LogP contribution >= 0.6 is 0 Å². The van der Waals surface area contributed by atoms with Crippen LogP contribution in [0.2, 0.25) is 0 Å². The zero-order valence-corrected chi connectivity index (χ0v) is 9.90. The highest BCUT2D eigenvalue weighted by Crippen LogP contribution is 2.19. The Morgan fingerprint density at radius 3 is 2.81 bits per heavy atom. The first-order valence-corrected chi connectivity index (χ1v) is 5.68. The summed E-state index contributed by atoms with van der Waals surface area (Å²) in [6.07, 6.45) is 7.56. The van der Waals surface area contributed by atoms with Gasteiger partial charge < -0.3 is 4.74 Å². The second kappa shape index (κ2) is 6.83. The molecule has 0 saturated carbocycles. The Kier molecular flexibility index (Phi) is 5.34. The van der Waals surface area contributed by atoms with Crippen molar-refractivity contribution in [2.45, 2.75) is 33.1 Å². The SMILES string of the molecule is CCCC/C=C/c1ccccc1OC(C)=O. The summed E-state index contributed by atoms with van der Waals surface area (Å²) in [7, 11) is 0. The molecule has 0 atom stereocenters. The van der Waals surface area contributed by atoms with Gasteiger partial charge in [-0.15, -0.1) is 0 Å². The van der Waals surface area contributed by atoms with E-state index in [1.54, 1.807) is 6.07 Å². The molecule has 0 aromatic heterocycles. The first-order chi connectivity index (χ1) is 7.74. The molecule has 86 valence electrons. The van der Waals surface area contributed by atoms with Gasteiger partial charge in [-0.05, 0) is 12.5 Å². The number of carbonyl (C=O) groups is 1. The number of ether oxygens (including phenoxy) is 1. The number of unbranched alkanes of at least 4 members (excludes halogenated alkanes) is 2. The van der Waals surface area contributed by atoms with Gasteiger partial charge >= 0.3 is 5.97 Å². The van der Waals surface area contributed by atoms with Gasteiger partial charge in [0, 0.05) is 12.5 Å². The summed E-state index contributed by atoms with van der Waals surface area (Å²) < 4.78 is 5.11. The van der Waals surface area contributed by atoms with Gasteiger partial charge in [0.1, 0.15) is 5.75 Å². The van der Waals surface area contributed by atoms with Crippen LogP contribution in [0.5, 0.6) is 5.75 Å². The number of hydrogen-bond donors (Lipinski definition) is 0. The van der Waals surface area contributed by atoms with Gasteiger partial charge in [0.25, 0.3) is 0 Å². The third-order valence-electron chi connectivity index (χ3n) is 2.19. The molecule has 1 rings (SSSR count). The van der Waals surface area contributed by atoms with E-state index in [9.17, 15) is 4.79 Å². The zero-order chi connectivity index (χ0) is 11.8. The minimum Gasteiger partial charge on any atom is -0.426 e. The summed E-state index contributed by atoms with van der Waals surface area (Å²) in [4.78, 5) is 10.9. The van der Waals surface area contributed by atoms with Crippen LogP contribution in [0.4, 0.5) is 0 Å². The van der Waals surface area contributed by atoms with Crippen LogP contribution in [0.3, 0.4) is 0 Å². The van der Waals surface area contributed by atoms with Crippen LogP contribution in [0.15, 0.2) is 30.3 Å². The molecular weight excluding hydrogens is 200 g/mol. The Bertz CT molecular complexity index is 367. The van der Waals surface area contributed by atoms with Crippen LogP contribution < -0.4 is 4.74 Å². The van der Waals surface area contributed by atoms with E-state index < -0.39 is 0 Å². The van der Waals surface area contributed by atoms with E-state index in [0.29, 0.717) is 5.75 Å². The van der Waals surface area contributed by atoms with E-state index in [-0.39, 0.29) is 5.97 Å². The van der Waals surface area contributed by atoms with Crippen LogP contribution in [-0.4, -0.2) is 5.97 Å². The summed E-state index contributed by atoms with van der Waals surface area (Å²) in [5.74, 6) is 0.345. The van der Waals surface area contributed by atoms with Crippen molar-refractivity contribution in [3.05, 3.63) is 35.9 Å². The maximum atomic E-state index is 10.9. The maximum Gasteiger partial charge on any atom is 0.308 e. The predicted molar refractivity (Wildman–Crippen MR) is 66.3 cm³/mol. The normalized spacial score (nSPS) is 10.6. The third kappa shape index (κ3) is 4.30. The van der Waals surface area contributed by atoms with E-state index in [1.807, 2.05) is 24.3 Å². The average Bonchev–Trinajstić information content (AvgIpc) is 2.26. The molecule has 0 heterocycles. The van der Waals surface area contributed by atoms with E-state index >= 15 is 0 Å². The van der Waals surface area contributed by atoms with Gasteiger partial charge in [-0.2, -0.15) is 0 Å². The largest absolute Gasteiger partial charge is 0.426 e. The molecule has 0 N–H and O–H groups in total. The number of allylic oxidation sites excluding steroid dienone is 1. The summed E-state index contributed by atoms with van der Waals surface area (Å²) in [6, 6.07) is 7.55. The fourth-order valence-electron chi connectivity index (χ4n) is 1.40. The molecule has 0 aliphatic carbocycles. The van der Waals surface area contributed by atoms with E-state index in [1.165, 1.54) is 19.8 Å². The zero-order valence-electron chi connectivity index (χ0n) is 9.90. The number of carbonyl (C=O) groups excluding carboxylic acids is 1. The minimum atomic E-state index is -0.283. The van der Waals surface area contributed by atoms with Crippen molar-refractivity contribution in [3.8, 4) is 5.75 Å². The first-order valence-electron chi connectivity index (χ1n) is 5.68. The molecule has 16 heavy (non-hydrogen) atoms. The molecular formula is C14H18O2. The topological polar surface area (TPSA) is 26.3 Å². The van der Waals surface area contributed by atoms with Gasteiger partial charge in [-0.25, -0.2) is 0 Å². The average molecular weight is 218 g/mol. The van der Waals surface area contributed by atoms with Crippen molar-refractivity contribution in [2.75, 3.05) is 0 Å². The lowest BCUT2D eigenvalue weighted by atomic mass is 10.1. The van der Waals surface area contributed by atoms with Gasteiger partial charge in [-0.1, -0.05) is 50.1 Å². The van der Waals surface area contributed by atoms with Crippen LogP contribution in [-0.2, 0) is 4.79 Å². The summed E-state index contributed by atoms with van der Waals surface area (Å²) in [5.41, 5.74) is 0.953. The number of para-hydroxylation sites is 1. The highest BCUT2D eigenvalue weighted by Gasteiger charge is 2.01. The van der Waals surface area contributed by atoms with Crippen molar-refractivity contribution < 1.29 is 9.53 Å². The fourth-order valence-corrected chi connectivity index (χ4v) is 1.40. The molecule has 0 fully saturated rings. The first kappa shape index (κ1) is 12.5. The molecule has 0 spiro atoms. The molecule has 0 aliphatic rings. The van der Waals surface area contributed by atoms with Gasteiger partial charge in [0.05, 0.1) is 0 Å². The Morgan fingerprint density at radius 2 is 2.12 bits per heavy atom. The number of rotatable bonds is 5. The monoisotopic (exact) mass is 218 g/mol. The van der Waals surface area contributed by atoms with Crippen molar-refractivity contribution >= 4 is 12.0 Å². The maximum absolute atomic E-state index is 10.9. The molecule has 1 aromatic carbocycles.